The lowest BCUT2D eigenvalue weighted by Crippen LogP contribution is -2.39. The van der Waals surface area contributed by atoms with Crippen LogP contribution < -0.4 is 5.32 Å². The standard InChI is InChI=1S/C23H23ClN4O2/c1-16-20(14-17-6-2-3-9-21(17)25-16)22(29)27-10-5-11-28(13-12-27)23(30)26-19-8-4-7-18(24)15-19/h2-4,6-9,14-15H,5,10-13H2,1H3,(H,26,30). The Morgan fingerprint density at radius 2 is 1.73 bits per heavy atom. The Morgan fingerprint density at radius 1 is 0.967 bits per heavy atom. The maximum atomic E-state index is 13.2. The van der Waals surface area contributed by atoms with Crippen LogP contribution in [-0.2, 0) is 0 Å². The number of urea groups is 1. The maximum absolute atomic E-state index is 13.2. The topological polar surface area (TPSA) is 65.5 Å². The number of amides is 3. The largest absolute Gasteiger partial charge is 0.337 e. The molecular formula is C23H23ClN4O2. The smallest absolute Gasteiger partial charge is 0.321 e. The number of carbonyl (C=O) groups excluding carboxylic acids is 2. The molecular weight excluding hydrogens is 400 g/mol. The van der Waals surface area contributed by atoms with Crippen LogP contribution in [0.15, 0.2) is 54.6 Å². The maximum Gasteiger partial charge on any atom is 0.321 e. The fourth-order valence-corrected chi connectivity index (χ4v) is 3.88. The van der Waals surface area contributed by atoms with Crippen molar-refractivity contribution in [2.75, 3.05) is 31.5 Å². The van der Waals surface area contributed by atoms with E-state index < -0.39 is 0 Å². The molecule has 3 aromatic rings. The second-order valence-electron chi connectivity index (χ2n) is 7.39. The number of para-hydroxylation sites is 1. The summed E-state index contributed by atoms with van der Waals surface area (Å²) < 4.78 is 0. The third-order valence-corrected chi connectivity index (χ3v) is 5.53. The van der Waals surface area contributed by atoms with Crippen LogP contribution in [0.2, 0.25) is 5.02 Å². The monoisotopic (exact) mass is 422 g/mol. The van der Waals surface area contributed by atoms with Crippen LogP contribution >= 0.6 is 11.6 Å². The van der Waals surface area contributed by atoms with E-state index in [4.69, 9.17) is 11.6 Å². The van der Waals surface area contributed by atoms with Gasteiger partial charge in [0.1, 0.15) is 0 Å². The van der Waals surface area contributed by atoms with Crippen LogP contribution in [0.1, 0.15) is 22.5 Å². The van der Waals surface area contributed by atoms with Crippen molar-refractivity contribution in [3.05, 3.63) is 70.9 Å². The molecule has 7 heteroatoms. The fraction of sp³-hybridized carbons (Fsp3) is 0.261. The van der Waals surface area contributed by atoms with E-state index in [0.29, 0.717) is 42.5 Å². The first-order chi connectivity index (χ1) is 14.5. The van der Waals surface area contributed by atoms with Gasteiger partial charge >= 0.3 is 6.03 Å². The SMILES string of the molecule is Cc1nc2ccccc2cc1C(=O)N1CCCN(C(=O)Nc2cccc(Cl)c2)CC1. The van der Waals surface area contributed by atoms with E-state index in [1.54, 1.807) is 29.2 Å². The number of halogens is 1. The molecule has 1 aliphatic rings. The van der Waals surface area contributed by atoms with Gasteiger partial charge in [-0.1, -0.05) is 35.9 Å². The third kappa shape index (κ3) is 4.39. The molecule has 3 amide bonds. The Labute approximate surface area is 180 Å². The first kappa shape index (κ1) is 20.2. The van der Waals surface area contributed by atoms with Gasteiger partial charge in [0.05, 0.1) is 16.8 Å². The highest BCUT2D eigenvalue weighted by Gasteiger charge is 2.24. The molecule has 0 aliphatic carbocycles. The number of hydrogen-bond acceptors (Lipinski definition) is 3. The summed E-state index contributed by atoms with van der Waals surface area (Å²) in [4.78, 5) is 33.9. The van der Waals surface area contributed by atoms with Crippen LogP contribution in [0, 0.1) is 6.92 Å². The van der Waals surface area contributed by atoms with Crippen LogP contribution in [0.4, 0.5) is 10.5 Å². The highest BCUT2D eigenvalue weighted by atomic mass is 35.5. The number of hydrogen-bond donors (Lipinski definition) is 1. The summed E-state index contributed by atoms with van der Waals surface area (Å²) in [5, 5.41) is 4.39. The predicted octanol–water partition coefficient (Wildman–Crippen LogP) is 4.58. The third-order valence-electron chi connectivity index (χ3n) is 5.29. The zero-order chi connectivity index (χ0) is 21.1. The molecule has 0 spiro atoms. The summed E-state index contributed by atoms with van der Waals surface area (Å²) in [6.45, 7) is 4.01. The molecule has 0 saturated carbocycles. The van der Waals surface area contributed by atoms with Crippen molar-refractivity contribution in [1.82, 2.24) is 14.8 Å². The number of aromatic nitrogens is 1. The highest BCUT2D eigenvalue weighted by molar-refractivity contribution is 6.30. The van der Waals surface area contributed by atoms with Crippen molar-refractivity contribution in [3.8, 4) is 0 Å². The number of carbonyl (C=O) groups is 2. The molecule has 1 saturated heterocycles. The van der Waals surface area contributed by atoms with Gasteiger partial charge in [0.15, 0.2) is 0 Å². The normalized spacial score (nSPS) is 14.5. The lowest BCUT2D eigenvalue weighted by atomic mass is 10.1. The van der Waals surface area contributed by atoms with Gasteiger partial charge in [-0.15, -0.1) is 0 Å². The molecule has 1 aromatic heterocycles. The average Bonchev–Trinajstić information content (AvgIpc) is 2.99. The van der Waals surface area contributed by atoms with E-state index in [9.17, 15) is 9.59 Å². The summed E-state index contributed by atoms with van der Waals surface area (Å²) in [6.07, 6.45) is 0.717. The van der Waals surface area contributed by atoms with Crippen molar-refractivity contribution in [1.29, 1.82) is 0 Å². The van der Waals surface area contributed by atoms with Gasteiger partial charge in [-0.25, -0.2) is 4.79 Å². The Balaban J connectivity index is 1.44. The van der Waals surface area contributed by atoms with Crippen LogP contribution in [0.3, 0.4) is 0 Å². The summed E-state index contributed by atoms with van der Waals surface area (Å²) in [5.41, 5.74) is 2.87. The molecule has 1 fully saturated rings. The zero-order valence-electron chi connectivity index (χ0n) is 16.8. The van der Waals surface area contributed by atoms with Crippen LogP contribution in [-0.4, -0.2) is 52.9 Å². The van der Waals surface area contributed by atoms with Gasteiger partial charge in [0.25, 0.3) is 5.91 Å². The summed E-state index contributed by atoms with van der Waals surface area (Å²) in [5.74, 6) is -0.0390. The Kier molecular flexibility index (Phi) is 5.86. The summed E-state index contributed by atoms with van der Waals surface area (Å²) >= 11 is 5.99. The number of aryl methyl sites for hydroxylation is 1. The van der Waals surface area contributed by atoms with Gasteiger partial charge in [-0.3, -0.25) is 9.78 Å². The molecule has 0 bridgehead atoms. The second-order valence-corrected chi connectivity index (χ2v) is 7.82. The number of anilines is 1. The molecule has 2 heterocycles. The van der Waals surface area contributed by atoms with Crippen molar-refractivity contribution >= 4 is 40.1 Å². The van der Waals surface area contributed by atoms with E-state index in [-0.39, 0.29) is 11.9 Å². The van der Waals surface area contributed by atoms with E-state index in [1.165, 1.54) is 0 Å². The summed E-state index contributed by atoms with van der Waals surface area (Å²) in [7, 11) is 0. The van der Waals surface area contributed by atoms with Gasteiger partial charge < -0.3 is 15.1 Å². The van der Waals surface area contributed by atoms with Gasteiger partial charge in [-0.2, -0.15) is 0 Å². The first-order valence-electron chi connectivity index (χ1n) is 9.98. The Bertz CT molecular complexity index is 1100. The molecule has 0 unspecified atom stereocenters. The highest BCUT2D eigenvalue weighted by Crippen LogP contribution is 2.19. The van der Waals surface area contributed by atoms with Crippen molar-refractivity contribution < 1.29 is 9.59 Å². The number of nitrogens with zero attached hydrogens (tertiary/aromatic N) is 3. The van der Waals surface area contributed by atoms with Crippen molar-refractivity contribution in [3.63, 3.8) is 0 Å². The van der Waals surface area contributed by atoms with E-state index in [1.807, 2.05) is 42.2 Å². The number of nitrogens with one attached hydrogen (secondary N) is 1. The molecule has 6 nitrogen and oxygen atoms in total. The Morgan fingerprint density at radius 3 is 2.57 bits per heavy atom. The van der Waals surface area contributed by atoms with Gasteiger partial charge in [-0.05, 0) is 43.7 Å². The number of fused-ring (bicyclic) bond motifs is 1. The van der Waals surface area contributed by atoms with Gasteiger partial charge in [0.2, 0.25) is 0 Å². The minimum atomic E-state index is -0.185. The zero-order valence-corrected chi connectivity index (χ0v) is 17.5. The quantitative estimate of drug-likeness (QED) is 0.657. The number of benzene rings is 2. The molecule has 0 radical (unpaired) electrons. The second kappa shape index (κ2) is 8.71. The van der Waals surface area contributed by atoms with Crippen molar-refractivity contribution in [2.45, 2.75) is 13.3 Å². The van der Waals surface area contributed by atoms with E-state index >= 15 is 0 Å². The minimum Gasteiger partial charge on any atom is -0.337 e. The molecule has 2 aromatic carbocycles. The molecule has 154 valence electrons. The van der Waals surface area contributed by atoms with Crippen LogP contribution in [0.5, 0.6) is 0 Å². The molecule has 30 heavy (non-hydrogen) atoms. The number of rotatable bonds is 2. The average molecular weight is 423 g/mol. The number of pyridine rings is 1. The minimum absolute atomic E-state index is 0.0390. The summed E-state index contributed by atoms with van der Waals surface area (Å²) in [6, 6.07) is 16.6. The van der Waals surface area contributed by atoms with Gasteiger partial charge in [0, 0.05) is 42.3 Å². The predicted molar refractivity (Wildman–Crippen MR) is 119 cm³/mol. The van der Waals surface area contributed by atoms with E-state index in [0.717, 1.165) is 23.0 Å². The molecule has 1 aliphatic heterocycles. The first-order valence-corrected chi connectivity index (χ1v) is 10.4. The van der Waals surface area contributed by atoms with Crippen LogP contribution in [0.25, 0.3) is 10.9 Å². The molecule has 0 atom stereocenters. The van der Waals surface area contributed by atoms with Crippen molar-refractivity contribution in [2.24, 2.45) is 0 Å². The molecule has 1 N–H and O–H groups in total. The Hall–Kier alpha value is -3.12. The lowest BCUT2D eigenvalue weighted by Gasteiger charge is -2.23. The van der Waals surface area contributed by atoms with E-state index in [2.05, 4.69) is 10.3 Å². The fourth-order valence-electron chi connectivity index (χ4n) is 3.69. The lowest BCUT2D eigenvalue weighted by molar-refractivity contribution is 0.0761. The molecule has 4 rings (SSSR count).